The molecule has 0 saturated heterocycles. The highest BCUT2D eigenvalue weighted by molar-refractivity contribution is 5.92. The van der Waals surface area contributed by atoms with Crippen LogP contribution >= 0.6 is 0 Å². The number of hydrogen-bond donors (Lipinski definition) is 0. The van der Waals surface area contributed by atoms with E-state index in [-0.39, 0.29) is 11.3 Å². The summed E-state index contributed by atoms with van der Waals surface area (Å²) < 4.78 is 5.06. The molecule has 0 fully saturated rings. The number of para-hydroxylation sites is 1. The van der Waals surface area contributed by atoms with Crippen molar-refractivity contribution in [2.45, 2.75) is 0 Å². The molecule has 0 aromatic heterocycles. The first-order valence-electron chi connectivity index (χ1n) is 6.15. The minimum atomic E-state index is -0.492. The van der Waals surface area contributed by atoms with Gasteiger partial charge < -0.3 is 4.74 Å². The molecule has 5 heteroatoms. The predicted molar refractivity (Wildman–Crippen MR) is 79.6 cm³/mol. The van der Waals surface area contributed by atoms with Crippen molar-refractivity contribution in [3.8, 4) is 11.8 Å². The van der Waals surface area contributed by atoms with Gasteiger partial charge in [0.2, 0.25) is 0 Å². The van der Waals surface area contributed by atoms with Crippen LogP contribution < -0.4 is 4.74 Å². The predicted octanol–water partition coefficient (Wildman–Crippen LogP) is 3.67. The Morgan fingerprint density at radius 1 is 1.24 bits per heavy atom. The van der Waals surface area contributed by atoms with Crippen molar-refractivity contribution in [3.63, 3.8) is 0 Å². The molecule has 0 aliphatic heterocycles. The first-order valence-corrected chi connectivity index (χ1v) is 6.15. The van der Waals surface area contributed by atoms with Crippen LogP contribution in [0.1, 0.15) is 11.1 Å². The molecular weight excluding hydrogens is 268 g/mol. The van der Waals surface area contributed by atoms with E-state index in [0.717, 1.165) is 5.56 Å². The maximum atomic E-state index is 11.0. The van der Waals surface area contributed by atoms with Crippen molar-refractivity contribution in [1.82, 2.24) is 0 Å². The van der Waals surface area contributed by atoms with E-state index >= 15 is 0 Å². The minimum absolute atomic E-state index is 0.0844. The van der Waals surface area contributed by atoms with Crippen molar-refractivity contribution in [2.75, 3.05) is 7.11 Å². The Kier molecular flexibility index (Phi) is 4.32. The minimum Gasteiger partial charge on any atom is -0.497 e. The van der Waals surface area contributed by atoms with E-state index in [1.165, 1.54) is 6.07 Å². The maximum absolute atomic E-state index is 11.0. The quantitative estimate of drug-likeness (QED) is 0.370. The second kappa shape index (κ2) is 6.35. The smallest absolute Gasteiger partial charge is 0.277 e. The fourth-order valence-electron chi connectivity index (χ4n) is 1.90. The molecule has 0 bridgehead atoms. The summed E-state index contributed by atoms with van der Waals surface area (Å²) in [7, 11) is 1.57. The number of hydrogen-bond acceptors (Lipinski definition) is 4. The first-order chi connectivity index (χ1) is 10.2. The number of ether oxygens (including phenoxy) is 1. The summed E-state index contributed by atoms with van der Waals surface area (Å²) in [6, 6.07) is 15.3. The van der Waals surface area contributed by atoms with Crippen molar-refractivity contribution < 1.29 is 9.66 Å². The Morgan fingerprint density at radius 2 is 1.90 bits per heavy atom. The van der Waals surface area contributed by atoms with E-state index in [4.69, 9.17) is 4.74 Å². The Labute approximate surface area is 121 Å². The standard InChI is InChI=1S/C16H12N2O3/c1-21-14-8-6-12(7-9-14)10-13(11-17)15-4-2-3-5-16(15)18(19)20/h2-10H,1H3/b13-10-. The van der Waals surface area contributed by atoms with E-state index in [9.17, 15) is 15.4 Å². The van der Waals surface area contributed by atoms with Gasteiger partial charge in [-0.2, -0.15) is 5.26 Å². The molecule has 21 heavy (non-hydrogen) atoms. The molecule has 0 radical (unpaired) electrons. The monoisotopic (exact) mass is 280 g/mol. The van der Waals surface area contributed by atoms with Gasteiger partial charge in [-0.15, -0.1) is 0 Å². The van der Waals surface area contributed by atoms with Crippen LogP contribution in [0.4, 0.5) is 5.69 Å². The number of allylic oxidation sites excluding steroid dienone is 1. The Bertz CT molecular complexity index is 728. The fourth-order valence-corrected chi connectivity index (χ4v) is 1.90. The molecule has 0 atom stereocenters. The number of benzene rings is 2. The fraction of sp³-hybridized carbons (Fsp3) is 0.0625. The summed E-state index contributed by atoms with van der Waals surface area (Å²) in [6.45, 7) is 0. The van der Waals surface area contributed by atoms with Crippen LogP contribution in [0, 0.1) is 21.4 Å². The van der Waals surface area contributed by atoms with Crippen molar-refractivity contribution >= 4 is 17.3 Å². The molecule has 2 aromatic carbocycles. The molecule has 0 unspecified atom stereocenters. The largest absolute Gasteiger partial charge is 0.497 e. The van der Waals surface area contributed by atoms with E-state index < -0.39 is 4.92 Å². The van der Waals surface area contributed by atoms with Crippen LogP contribution in [0.3, 0.4) is 0 Å². The number of nitro groups is 1. The molecule has 0 saturated carbocycles. The van der Waals surface area contributed by atoms with E-state index in [2.05, 4.69) is 0 Å². The lowest BCUT2D eigenvalue weighted by molar-refractivity contribution is -0.385. The topological polar surface area (TPSA) is 76.2 Å². The summed E-state index contributed by atoms with van der Waals surface area (Å²) in [4.78, 5) is 10.5. The lowest BCUT2D eigenvalue weighted by Crippen LogP contribution is -1.93. The highest BCUT2D eigenvalue weighted by Crippen LogP contribution is 2.27. The van der Waals surface area contributed by atoms with E-state index in [0.29, 0.717) is 11.3 Å². The third-order valence-corrected chi connectivity index (χ3v) is 2.94. The zero-order chi connectivity index (χ0) is 15.2. The summed E-state index contributed by atoms with van der Waals surface area (Å²) in [6.07, 6.45) is 1.61. The van der Waals surface area contributed by atoms with E-state index in [1.807, 2.05) is 6.07 Å². The molecule has 104 valence electrons. The third kappa shape index (κ3) is 3.25. The van der Waals surface area contributed by atoms with Crippen LogP contribution in [0.5, 0.6) is 5.75 Å². The highest BCUT2D eigenvalue weighted by atomic mass is 16.6. The average molecular weight is 280 g/mol. The molecule has 0 amide bonds. The zero-order valence-corrected chi connectivity index (χ0v) is 11.3. The summed E-state index contributed by atoms with van der Waals surface area (Å²) in [5, 5.41) is 20.3. The van der Waals surface area contributed by atoms with Gasteiger partial charge in [0.15, 0.2) is 0 Å². The van der Waals surface area contributed by atoms with E-state index in [1.54, 1.807) is 55.7 Å². The van der Waals surface area contributed by atoms with Crippen molar-refractivity contribution in [2.24, 2.45) is 0 Å². The summed E-state index contributed by atoms with van der Waals surface area (Å²) in [5.41, 5.74) is 1.23. The Hall–Kier alpha value is -3.13. The summed E-state index contributed by atoms with van der Waals surface area (Å²) >= 11 is 0. The van der Waals surface area contributed by atoms with Crippen molar-refractivity contribution in [3.05, 3.63) is 69.8 Å². The molecule has 0 N–H and O–H groups in total. The number of nitriles is 1. The first kappa shape index (κ1) is 14.3. The number of rotatable bonds is 4. The lowest BCUT2D eigenvalue weighted by Gasteiger charge is -2.02. The Balaban J connectivity index is 2.46. The van der Waals surface area contributed by atoms with Gasteiger partial charge in [-0.3, -0.25) is 10.1 Å². The van der Waals surface area contributed by atoms with Gasteiger partial charge in [0.1, 0.15) is 11.8 Å². The molecule has 0 aliphatic rings. The number of methoxy groups -OCH3 is 1. The highest BCUT2D eigenvalue weighted by Gasteiger charge is 2.15. The van der Waals surface area contributed by atoms with Gasteiger partial charge in [0.25, 0.3) is 5.69 Å². The maximum Gasteiger partial charge on any atom is 0.277 e. The Morgan fingerprint density at radius 3 is 2.48 bits per heavy atom. The molecule has 0 spiro atoms. The normalized spacial score (nSPS) is 10.8. The second-order valence-electron chi connectivity index (χ2n) is 4.22. The van der Waals surface area contributed by atoms with Crippen LogP contribution in [0.25, 0.3) is 11.6 Å². The van der Waals surface area contributed by atoms with Gasteiger partial charge in [-0.1, -0.05) is 24.3 Å². The molecular formula is C16H12N2O3. The average Bonchev–Trinajstić information content (AvgIpc) is 2.53. The SMILES string of the molecule is COc1ccc(/C=C(/C#N)c2ccccc2[N+](=O)[O-])cc1. The van der Waals surface area contributed by atoms with Crippen LogP contribution in [-0.2, 0) is 0 Å². The van der Waals surface area contributed by atoms with Crippen LogP contribution in [0.15, 0.2) is 48.5 Å². The van der Waals surface area contributed by atoms with Crippen LogP contribution in [-0.4, -0.2) is 12.0 Å². The zero-order valence-electron chi connectivity index (χ0n) is 11.3. The molecule has 2 aromatic rings. The third-order valence-electron chi connectivity index (χ3n) is 2.94. The lowest BCUT2D eigenvalue weighted by atomic mass is 10.0. The van der Waals surface area contributed by atoms with Gasteiger partial charge in [0, 0.05) is 6.07 Å². The van der Waals surface area contributed by atoms with Gasteiger partial charge in [-0.05, 0) is 29.8 Å². The van der Waals surface area contributed by atoms with Crippen LogP contribution in [0.2, 0.25) is 0 Å². The molecule has 0 heterocycles. The number of nitro benzene ring substituents is 1. The number of nitrogens with zero attached hydrogens (tertiary/aromatic N) is 2. The molecule has 5 nitrogen and oxygen atoms in total. The molecule has 2 rings (SSSR count). The van der Waals surface area contributed by atoms with Gasteiger partial charge in [0.05, 0.1) is 23.2 Å². The molecule has 0 aliphatic carbocycles. The van der Waals surface area contributed by atoms with Crippen molar-refractivity contribution in [1.29, 1.82) is 5.26 Å². The van der Waals surface area contributed by atoms with Gasteiger partial charge in [-0.25, -0.2) is 0 Å². The second-order valence-corrected chi connectivity index (χ2v) is 4.22. The summed E-state index contributed by atoms with van der Waals surface area (Å²) in [5.74, 6) is 0.705. The van der Waals surface area contributed by atoms with Gasteiger partial charge >= 0.3 is 0 Å².